The van der Waals surface area contributed by atoms with Crippen molar-refractivity contribution in [2.45, 2.75) is 25.9 Å². The summed E-state index contributed by atoms with van der Waals surface area (Å²) in [5.41, 5.74) is -0.423. The molecule has 1 aliphatic heterocycles. The summed E-state index contributed by atoms with van der Waals surface area (Å²) in [5, 5.41) is 9.64. The highest BCUT2D eigenvalue weighted by Gasteiger charge is 2.34. The van der Waals surface area contributed by atoms with Gasteiger partial charge in [-0.3, -0.25) is 9.59 Å². The molecule has 1 N–H and O–H groups in total. The molecule has 0 spiro atoms. The number of carbonyl (C=O) groups excluding carboxylic acids is 1. The molecule has 0 bridgehead atoms. The number of thiophene rings is 1. The topological polar surface area (TPSA) is 70.5 Å². The molecular formula is C16H15F3N2O3S. The summed E-state index contributed by atoms with van der Waals surface area (Å²) >= 11 is 0.916. The molecule has 2 aromatic heterocycles. The normalized spacial score (nSPS) is 18.6. The van der Waals surface area contributed by atoms with Crippen molar-refractivity contribution >= 4 is 33.4 Å². The Hall–Kier alpha value is -2.16. The molecule has 9 heteroatoms. The molecule has 1 atom stereocenters. The second-order valence-corrected chi connectivity index (χ2v) is 7.03. The maximum atomic E-state index is 12.8. The van der Waals surface area contributed by atoms with E-state index in [1.165, 1.54) is 11.0 Å². The summed E-state index contributed by atoms with van der Waals surface area (Å²) in [4.78, 5) is 29.4. The maximum Gasteiger partial charge on any atom is 0.433 e. The minimum atomic E-state index is -4.54. The Balaban J connectivity index is 1.94. The van der Waals surface area contributed by atoms with Crippen LogP contribution >= 0.6 is 11.3 Å². The monoisotopic (exact) mass is 372 g/mol. The summed E-state index contributed by atoms with van der Waals surface area (Å²) in [6.07, 6.45) is -3.44. The summed E-state index contributed by atoms with van der Waals surface area (Å²) < 4.78 is 38.4. The van der Waals surface area contributed by atoms with Crippen LogP contribution in [0.15, 0.2) is 12.1 Å². The molecule has 1 fully saturated rings. The maximum absolute atomic E-state index is 12.8. The van der Waals surface area contributed by atoms with Crippen molar-refractivity contribution < 1.29 is 27.9 Å². The van der Waals surface area contributed by atoms with Crippen molar-refractivity contribution in [3.8, 4) is 0 Å². The minimum absolute atomic E-state index is 0.114. The fourth-order valence-corrected chi connectivity index (χ4v) is 4.12. The first kappa shape index (κ1) is 17.7. The first-order valence-corrected chi connectivity index (χ1v) is 8.49. The van der Waals surface area contributed by atoms with E-state index in [1.54, 1.807) is 6.92 Å². The van der Waals surface area contributed by atoms with E-state index in [0.29, 0.717) is 35.2 Å². The number of carbonyl (C=O) groups is 2. The molecule has 0 saturated carbocycles. The number of hydrogen-bond acceptors (Lipinski definition) is 4. The van der Waals surface area contributed by atoms with Crippen LogP contribution in [0.2, 0.25) is 0 Å². The van der Waals surface area contributed by atoms with E-state index in [9.17, 15) is 22.8 Å². The van der Waals surface area contributed by atoms with Gasteiger partial charge >= 0.3 is 12.1 Å². The van der Waals surface area contributed by atoms with Gasteiger partial charge in [-0.25, -0.2) is 4.98 Å². The van der Waals surface area contributed by atoms with E-state index < -0.39 is 23.8 Å². The Kier molecular flexibility index (Phi) is 4.44. The number of aromatic nitrogens is 1. The second kappa shape index (κ2) is 6.29. The van der Waals surface area contributed by atoms with Gasteiger partial charge in [-0.15, -0.1) is 11.3 Å². The molecule has 1 aliphatic rings. The second-order valence-electron chi connectivity index (χ2n) is 6.03. The van der Waals surface area contributed by atoms with Gasteiger partial charge in [0.15, 0.2) is 0 Å². The van der Waals surface area contributed by atoms with Crippen LogP contribution in [0, 0.1) is 12.8 Å². The molecule has 0 aliphatic carbocycles. The summed E-state index contributed by atoms with van der Waals surface area (Å²) in [5.74, 6) is -1.90. The number of pyridine rings is 1. The number of aryl methyl sites for hydroxylation is 1. The lowest BCUT2D eigenvalue weighted by molar-refractivity contribution is -0.143. The first-order chi connectivity index (χ1) is 11.7. The molecule has 3 heterocycles. The number of nitrogens with zero attached hydrogens (tertiary/aromatic N) is 2. The van der Waals surface area contributed by atoms with Gasteiger partial charge in [0.25, 0.3) is 5.91 Å². The highest BCUT2D eigenvalue weighted by atomic mass is 32.1. The molecule has 5 nitrogen and oxygen atoms in total. The van der Waals surface area contributed by atoms with Gasteiger partial charge in [-0.2, -0.15) is 13.2 Å². The van der Waals surface area contributed by atoms with Crippen LogP contribution in [0.4, 0.5) is 13.2 Å². The highest BCUT2D eigenvalue weighted by molar-refractivity contribution is 7.20. The number of carboxylic acid groups (broad SMARTS) is 1. The number of hydrogen-bond donors (Lipinski definition) is 1. The van der Waals surface area contributed by atoms with Crippen molar-refractivity contribution in [3.05, 3.63) is 28.3 Å². The third kappa shape index (κ3) is 3.33. The van der Waals surface area contributed by atoms with Crippen molar-refractivity contribution in [2.75, 3.05) is 13.1 Å². The summed E-state index contributed by atoms with van der Waals surface area (Å²) in [6.45, 7) is 2.22. The van der Waals surface area contributed by atoms with Crippen LogP contribution in [0.5, 0.6) is 0 Å². The molecular weight excluding hydrogens is 357 g/mol. The smallest absolute Gasteiger partial charge is 0.433 e. The number of likely N-dealkylation sites (tertiary alicyclic amines) is 1. The third-order valence-corrected chi connectivity index (χ3v) is 5.54. The molecule has 1 saturated heterocycles. The number of piperidine rings is 1. The minimum Gasteiger partial charge on any atom is -0.481 e. The zero-order chi connectivity index (χ0) is 18.4. The third-order valence-electron chi connectivity index (χ3n) is 4.35. The Morgan fingerprint density at radius 3 is 2.72 bits per heavy atom. The summed E-state index contributed by atoms with van der Waals surface area (Å²) in [7, 11) is 0. The lowest BCUT2D eigenvalue weighted by atomic mass is 9.98. The van der Waals surface area contributed by atoms with E-state index in [2.05, 4.69) is 4.98 Å². The van der Waals surface area contributed by atoms with Gasteiger partial charge in [0.05, 0.1) is 10.8 Å². The number of fused-ring (bicyclic) bond motifs is 1. The largest absolute Gasteiger partial charge is 0.481 e. The number of amides is 1. The number of rotatable bonds is 2. The molecule has 0 radical (unpaired) electrons. The average molecular weight is 372 g/mol. The molecule has 3 rings (SSSR count). The Morgan fingerprint density at radius 2 is 2.08 bits per heavy atom. The number of aliphatic carboxylic acids is 1. The van der Waals surface area contributed by atoms with Gasteiger partial charge in [0, 0.05) is 18.5 Å². The van der Waals surface area contributed by atoms with Gasteiger partial charge in [0.1, 0.15) is 10.5 Å². The van der Waals surface area contributed by atoms with Crippen LogP contribution in [0.1, 0.15) is 33.8 Å². The molecule has 2 aromatic rings. The fourth-order valence-electron chi connectivity index (χ4n) is 2.97. The lowest BCUT2D eigenvalue weighted by Crippen LogP contribution is -2.42. The fraction of sp³-hybridized carbons (Fsp3) is 0.438. The van der Waals surface area contributed by atoms with E-state index in [-0.39, 0.29) is 17.3 Å². The standard InChI is InChI=1S/C16H15F3N2O3S/c1-8-10-4-5-11(16(17,18)19)20-13(10)25-12(8)14(22)21-6-2-3-9(7-21)15(23)24/h4-5,9H,2-3,6-7H2,1H3,(H,23,24). The predicted molar refractivity (Wildman–Crippen MR) is 85.6 cm³/mol. The van der Waals surface area contributed by atoms with Crippen molar-refractivity contribution in [1.29, 1.82) is 0 Å². The van der Waals surface area contributed by atoms with Crippen LogP contribution in [-0.2, 0) is 11.0 Å². The summed E-state index contributed by atoms with van der Waals surface area (Å²) in [6, 6.07) is 2.22. The van der Waals surface area contributed by atoms with Crippen LogP contribution in [0.25, 0.3) is 10.2 Å². The SMILES string of the molecule is Cc1c(C(=O)N2CCCC(C(=O)O)C2)sc2nc(C(F)(F)F)ccc12. The molecule has 1 unspecified atom stereocenters. The number of carboxylic acids is 1. The zero-order valence-corrected chi connectivity index (χ0v) is 14.1. The lowest BCUT2D eigenvalue weighted by Gasteiger charge is -2.30. The van der Waals surface area contributed by atoms with Gasteiger partial charge in [-0.1, -0.05) is 0 Å². The number of alkyl halides is 3. The quantitative estimate of drug-likeness (QED) is 0.875. The Morgan fingerprint density at radius 1 is 1.36 bits per heavy atom. The van der Waals surface area contributed by atoms with Crippen LogP contribution in [-0.4, -0.2) is 40.0 Å². The molecule has 25 heavy (non-hydrogen) atoms. The van der Waals surface area contributed by atoms with E-state index in [4.69, 9.17) is 5.11 Å². The average Bonchev–Trinajstić information content (AvgIpc) is 2.90. The Bertz CT molecular complexity index is 847. The van der Waals surface area contributed by atoms with Crippen molar-refractivity contribution in [1.82, 2.24) is 9.88 Å². The van der Waals surface area contributed by atoms with Crippen LogP contribution in [0.3, 0.4) is 0 Å². The van der Waals surface area contributed by atoms with Crippen LogP contribution < -0.4 is 0 Å². The van der Waals surface area contributed by atoms with Gasteiger partial charge in [0.2, 0.25) is 0 Å². The Labute approximate surface area is 145 Å². The zero-order valence-electron chi connectivity index (χ0n) is 13.3. The number of halogens is 3. The van der Waals surface area contributed by atoms with E-state index in [1.807, 2.05) is 0 Å². The van der Waals surface area contributed by atoms with Crippen molar-refractivity contribution in [2.24, 2.45) is 5.92 Å². The van der Waals surface area contributed by atoms with Crippen molar-refractivity contribution in [3.63, 3.8) is 0 Å². The van der Waals surface area contributed by atoms with E-state index >= 15 is 0 Å². The van der Waals surface area contributed by atoms with E-state index in [0.717, 1.165) is 17.4 Å². The molecule has 134 valence electrons. The molecule has 0 aromatic carbocycles. The first-order valence-electron chi connectivity index (χ1n) is 7.68. The van der Waals surface area contributed by atoms with Gasteiger partial charge in [-0.05, 0) is 37.5 Å². The highest BCUT2D eigenvalue weighted by Crippen LogP contribution is 2.35. The van der Waals surface area contributed by atoms with Gasteiger partial charge < -0.3 is 10.0 Å². The molecule has 1 amide bonds. The predicted octanol–water partition coefficient (Wildman–Crippen LogP) is 3.56.